The highest BCUT2D eigenvalue weighted by Gasteiger charge is 2.18. The summed E-state index contributed by atoms with van der Waals surface area (Å²) in [5, 5.41) is 15.8. The first-order valence-corrected chi connectivity index (χ1v) is 3.43. The van der Waals surface area contributed by atoms with E-state index in [1.54, 1.807) is 13.8 Å². The molecule has 3 nitrogen and oxygen atoms in total. The molecule has 0 saturated carbocycles. The number of rotatable bonds is 4. The van der Waals surface area contributed by atoms with Crippen molar-refractivity contribution in [2.75, 3.05) is 0 Å². The monoisotopic (exact) mass is 143 g/mol. The van der Waals surface area contributed by atoms with Crippen molar-refractivity contribution in [2.45, 2.75) is 26.7 Å². The van der Waals surface area contributed by atoms with Gasteiger partial charge in [0.25, 0.3) is 0 Å². The van der Waals surface area contributed by atoms with E-state index in [2.05, 4.69) is 0 Å². The third-order valence-corrected chi connectivity index (χ3v) is 1.51. The number of aliphatic carboxylic acids is 1. The van der Waals surface area contributed by atoms with Crippen LogP contribution in [0, 0.1) is 11.3 Å². The zero-order valence-corrected chi connectivity index (χ0v) is 6.35. The minimum atomic E-state index is -0.880. The summed E-state index contributed by atoms with van der Waals surface area (Å²) in [7, 11) is 0. The predicted octanol–water partition coefficient (Wildman–Crippen LogP) is 1.53. The Labute approximate surface area is 60.6 Å². The molecular formula is C7H13NO2. The molecule has 1 atom stereocenters. The lowest BCUT2D eigenvalue weighted by Crippen LogP contribution is -2.21. The normalized spacial score (nSPS) is 12.6. The summed E-state index contributed by atoms with van der Waals surface area (Å²) in [6.07, 6.45) is 1.05. The third kappa shape index (κ3) is 2.17. The van der Waals surface area contributed by atoms with Crippen molar-refractivity contribution in [1.29, 1.82) is 5.41 Å². The molecule has 0 radical (unpaired) electrons. The second-order valence-electron chi connectivity index (χ2n) is 2.18. The molecule has 0 aliphatic heterocycles. The predicted molar refractivity (Wildman–Crippen MR) is 39.4 cm³/mol. The number of hydrogen-bond donors (Lipinski definition) is 2. The molecule has 2 N–H and O–H groups in total. The van der Waals surface area contributed by atoms with Gasteiger partial charge in [0.2, 0.25) is 0 Å². The lowest BCUT2D eigenvalue weighted by Gasteiger charge is -2.08. The second-order valence-corrected chi connectivity index (χ2v) is 2.18. The number of carboxylic acids is 1. The third-order valence-electron chi connectivity index (χ3n) is 1.51. The van der Waals surface area contributed by atoms with E-state index in [1.807, 2.05) is 0 Å². The van der Waals surface area contributed by atoms with Gasteiger partial charge in [-0.2, -0.15) is 0 Å². The maximum atomic E-state index is 10.4. The van der Waals surface area contributed by atoms with Gasteiger partial charge in [-0.05, 0) is 12.8 Å². The summed E-state index contributed by atoms with van der Waals surface area (Å²) in [4.78, 5) is 10.4. The van der Waals surface area contributed by atoms with Crippen LogP contribution in [0.25, 0.3) is 0 Å². The fourth-order valence-corrected chi connectivity index (χ4v) is 0.816. The molecule has 0 aliphatic carbocycles. The molecule has 0 saturated heterocycles. The molecular weight excluding hydrogens is 130 g/mol. The smallest absolute Gasteiger partial charge is 0.312 e. The lowest BCUT2D eigenvalue weighted by molar-refractivity contribution is -0.139. The Morgan fingerprint density at radius 2 is 2.10 bits per heavy atom. The van der Waals surface area contributed by atoms with Crippen LogP contribution in [0.1, 0.15) is 26.7 Å². The van der Waals surface area contributed by atoms with Gasteiger partial charge in [-0.1, -0.05) is 13.8 Å². The van der Waals surface area contributed by atoms with Crippen LogP contribution < -0.4 is 0 Å². The summed E-state index contributed by atoms with van der Waals surface area (Å²) < 4.78 is 0. The Morgan fingerprint density at radius 1 is 1.60 bits per heavy atom. The van der Waals surface area contributed by atoms with Crippen LogP contribution in [0.3, 0.4) is 0 Å². The molecule has 0 aliphatic rings. The van der Waals surface area contributed by atoms with E-state index in [1.165, 1.54) is 0 Å². The van der Waals surface area contributed by atoms with E-state index in [-0.39, 0.29) is 0 Å². The summed E-state index contributed by atoms with van der Waals surface area (Å²) in [5.41, 5.74) is 0.315. The Morgan fingerprint density at radius 3 is 2.20 bits per heavy atom. The molecule has 0 bridgehead atoms. The van der Waals surface area contributed by atoms with Gasteiger partial charge >= 0.3 is 5.97 Å². The van der Waals surface area contributed by atoms with Gasteiger partial charge in [-0.3, -0.25) is 4.79 Å². The van der Waals surface area contributed by atoms with Gasteiger partial charge in [0, 0.05) is 5.71 Å². The van der Waals surface area contributed by atoms with Gasteiger partial charge in [0.05, 0.1) is 5.92 Å². The average Bonchev–Trinajstić information content (AvgIpc) is 1.88. The molecule has 0 fully saturated rings. The van der Waals surface area contributed by atoms with Crippen LogP contribution in [0.15, 0.2) is 0 Å². The van der Waals surface area contributed by atoms with Crippen molar-refractivity contribution < 1.29 is 9.90 Å². The Balaban J connectivity index is 4.06. The quantitative estimate of drug-likeness (QED) is 0.586. The summed E-state index contributed by atoms with van der Waals surface area (Å²) in [5.74, 6) is -1.45. The average molecular weight is 143 g/mol. The highest BCUT2D eigenvalue weighted by atomic mass is 16.4. The van der Waals surface area contributed by atoms with Crippen molar-refractivity contribution >= 4 is 11.7 Å². The van der Waals surface area contributed by atoms with E-state index in [0.29, 0.717) is 18.6 Å². The zero-order valence-electron chi connectivity index (χ0n) is 6.35. The highest BCUT2D eigenvalue weighted by Crippen LogP contribution is 2.06. The van der Waals surface area contributed by atoms with E-state index in [4.69, 9.17) is 10.5 Å². The number of nitrogens with one attached hydrogen (secondary N) is 1. The maximum Gasteiger partial charge on any atom is 0.312 e. The summed E-state index contributed by atoms with van der Waals surface area (Å²) in [6, 6.07) is 0. The minimum absolute atomic E-state index is 0.315. The van der Waals surface area contributed by atoms with Crippen molar-refractivity contribution in [3.05, 3.63) is 0 Å². The van der Waals surface area contributed by atoms with E-state index < -0.39 is 11.9 Å². The van der Waals surface area contributed by atoms with Crippen LogP contribution in [0.4, 0.5) is 0 Å². The number of carbonyl (C=O) groups is 1. The van der Waals surface area contributed by atoms with E-state index >= 15 is 0 Å². The lowest BCUT2D eigenvalue weighted by atomic mass is 9.99. The minimum Gasteiger partial charge on any atom is -0.481 e. The van der Waals surface area contributed by atoms with Gasteiger partial charge in [-0.15, -0.1) is 0 Å². The van der Waals surface area contributed by atoms with Crippen molar-refractivity contribution in [3.8, 4) is 0 Å². The van der Waals surface area contributed by atoms with Crippen LogP contribution in [-0.2, 0) is 4.79 Å². The van der Waals surface area contributed by atoms with Crippen molar-refractivity contribution in [1.82, 2.24) is 0 Å². The highest BCUT2D eigenvalue weighted by molar-refractivity contribution is 5.99. The first kappa shape index (κ1) is 9.14. The maximum absolute atomic E-state index is 10.4. The summed E-state index contributed by atoms with van der Waals surface area (Å²) >= 11 is 0. The standard InChI is InChI=1S/C7H13NO2/c1-3-5(7(9)10)6(8)4-2/h5,8H,3-4H2,1-2H3,(H,9,10)/t5-/m0/s1. The molecule has 0 aromatic carbocycles. The molecule has 0 aromatic rings. The summed E-state index contributed by atoms with van der Waals surface area (Å²) in [6.45, 7) is 3.58. The zero-order chi connectivity index (χ0) is 8.15. The second kappa shape index (κ2) is 4.04. The number of carboxylic acid groups (broad SMARTS) is 1. The number of hydrogen-bond acceptors (Lipinski definition) is 2. The van der Waals surface area contributed by atoms with Gasteiger partial charge < -0.3 is 10.5 Å². The molecule has 0 spiro atoms. The molecule has 0 aromatic heterocycles. The first-order chi connectivity index (χ1) is 4.63. The molecule has 3 heteroatoms. The largest absolute Gasteiger partial charge is 0.481 e. The first-order valence-electron chi connectivity index (χ1n) is 3.43. The van der Waals surface area contributed by atoms with Crippen LogP contribution >= 0.6 is 0 Å². The Hall–Kier alpha value is -0.860. The van der Waals surface area contributed by atoms with Crippen LogP contribution in [-0.4, -0.2) is 16.8 Å². The molecule has 0 unspecified atom stereocenters. The molecule has 10 heavy (non-hydrogen) atoms. The topological polar surface area (TPSA) is 61.2 Å². The fraction of sp³-hybridized carbons (Fsp3) is 0.714. The van der Waals surface area contributed by atoms with Crippen LogP contribution in [0.5, 0.6) is 0 Å². The Kier molecular flexibility index (Phi) is 3.69. The van der Waals surface area contributed by atoms with E-state index in [9.17, 15) is 4.79 Å². The molecule has 58 valence electrons. The van der Waals surface area contributed by atoms with Gasteiger partial charge in [0.1, 0.15) is 0 Å². The Bertz CT molecular complexity index is 143. The molecule has 0 amide bonds. The van der Waals surface area contributed by atoms with Crippen molar-refractivity contribution in [3.63, 3.8) is 0 Å². The molecule has 0 rings (SSSR count). The van der Waals surface area contributed by atoms with E-state index in [0.717, 1.165) is 0 Å². The SMILES string of the molecule is CCC(=N)[C@H](CC)C(=O)O. The molecule has 0 heterocycles. The van der Waals surface area contributed by atoms with Gasteiger partial charge in [0.15, 0.2) is 0 Å². The van der Waals surface area contributed by atoms with Crippen LogP contribution in [0.2, 0.25) is 0 Å². The van der Waals surface area contributed by atoms with Crippen molar-refractivity contribution in [2.24, 2.45) is 5.92 Å². The van der Waals surface area contributed by atoms with Gasteiger partial charge in [-0.25, -0.2) is 0 Å². The fourth-order valence-electron chi connectivity index (χ4n) is 0.816.